The number of nitrogens with zero attached hydrogens (tertiary/aromatic N) is 1. The van der Waals surface area contributed by atoms with E-state index < -0.39 is 10.0 Å². The molecule has 0 saturated carbocycles. The molecule has 0 amide bonds. The molecule has 7 heteroatoms. The number of hydrogen-bond acceptors (Lipinski definition) is 4. The van der Waals surface area contributed by atoms with Crippen molar-refractivity contribution in [3.63, 3.8) is 0 Å². The van der Waals surface area contributed by atoms with Gasteiger partial charge in [0.25, 0.3) is 10.0 Å². The van der Waals surface area contributed by atoms with Gasteiger partial charge >= 0.3 is 0 Å². The first kappa shape index (κ1) is 15.3. The molecule has 0 spiro atoms. The lowest BCUT2D eigenvalue weighted by atomic mass is 10.2. The average molecular weight is 353 g/mol. The molecule has 0 unspecified atom stereocenters. The Kier molecular flexibility index (Phi) is 3.84. The number of thiazole rings is 1. The second kappa shape index (κ2) is 5.53. The molecule has 0 aliphatic carbocycles. The minimum atomic E-state index is -3.67. The Morgan fingerprint density at radius 3 is 2.64 bits per heavy atom. The van der Waals surface area contributed by atoms with Crippen molar-refractivity contribution in [2.24, 2.45) is 0 Å². The van der Waals surface area contributed by atoms with Crippen LogP contribution in [0.15, 0.2) is 41.3 Å². The van der Waals surface area contributed by atoms with Crippen LogP contribution in [0.2, 0.25) is 5.02 Å². The molecule has 1 aromatic heterocycles. The lowest BCUT2D eigenvalue weighted by Gasteiger charge is -2.06. The van der Waals surface area contributed by atoms with Gasteiger partial charge in [-0.3, -0.25) is 4.72 Å². The van der Waals surface area contributed by atoms with E-state index in [4.69, 9.17) is 11.6 Å². The molecular weight excluding hydrogens is 340 g/mol. The molecule has 0 aliphatic heterocycles. The van der Waals surface area contributed by atoms with Crippen molar-refractivity contribution < 1.29 is 8.42 Å². The van der Waals surface area contributed by atoms with Gasteiger partial charge in [-0.2, -0.15) is 0 Å². The maximum Gasteiger partial charge on any atom is 0.263 e. The first-order chi connectivity index (χ1) is 10.3. The Morgan fingerprint density at radius 1 is 1.14 bits per heavy atom. The molecule has 114 valence electrons. The van der Waals surface area contributed by atoms with Gasteiger partial charge in [0.1, 0.15) is 0 Å². The summed E-state index contributed by atoms with van der Waals surface area (Å²) in [6.45, 7) is 3.75. The van der Waals surface area contributed by atoms with Crippen molar-refractivity contribution in [1.82, 2.24) is 4.98 Å². The summed E-state index contributed by atoms with van der Waals surface area (Å²) in [5.41, 5.74) is 2.60. The third-order valence-electron chi connectivity index (χ3n) is 3.21. The van der Waals surface area contributed by atoms with E-state index in [0.717, 1.165) is 15.8 Å². The Morgan fingerprint density at radius 2 is 1.91 bits per heavy atom. The van der Waals surface area contributed by atoms with Gasteiger partial charge in [-0.1, -0.05) is 29.0 Å². The number of halogens is 1. The largest absolute Gasteiger partial charge is 0.263 e. The first-order valence-corrected chi connectivity index (χ1v) is 9.19. The molecule has 0 fully saturated rings. The van der Waals surface area contributed by atoms with E-state index in [0.29, 0.717) is 15.7 Å². The highest BCUT2D eigenvalue weighted by molar-refractivity contribution is 7.93. The molecular formula is C15H13ClN2O2S2. The number of benzene rings is 2. The second-order valence-electron chi connectivity index (χ2n) is 5.01. The fourth-order valence-electron chi connectivity index (χ4n) is 2.03. The SMILES string of the molecule is Cc1ccc2nc(NS(=O)(=O)c3ccc(Cl)c(C)c3)sc2c1. The van der Waals surface area contributed by atoms with Gasteiger partial charge in [0.15, 0.2) is 5.13 Å². The second-order valence-corrected chi connectivity index (χ2v) is 8.13. The van der Waals surface area contributed by atoms with E-state index in [-0.39, 0.29) is 4.90 Å². The van der Waals surface area contributed by atoms with Crippen LogP contribution in [-0.4, -0.2) is 13.4 Å². The third-order valence-corrected chi connectivity index (χ3v) is 6.03. The highest BCUT2D eigenvalue weighted by atomic mass is 35.5. The smallest absolute Gasteiger partial charge is 0.255 e. The van der Waals surface area contributed by atoms with Crippen LogP contribution >= 0.6 is 22.9 Å². The summed E-state index contributed by atoms with van der Waals surface area (Å²) >= 11 is 7.25. The maximum atomic E-state index is 12.4. The highest BCUT2D eigenvalue weighted by Gasteiger charge is 2.17. The summed E-state index contributed by atoms with van der Waals surface area (Å²) in [4.78, 5) is 4.48. The van der Waals surface area contributed by atoms with Crippen molar-refractivity contribution in [3.8, 4) is 0 Å². The molecule has 22 heavy (non-hydrogen) atoms. The third kappa shape index (κ3) is 2.95. The van der Waals surface area contributed by atoms with Gasteiger partial charge in [-0.15, -0.1) is 0 Å². The zero-order valence-corrected chi connectivity index (χ0v) is 14.3. The molecule has 0 bridgehead atoms. The van der Waals surface area contributed by atoms with Gasteiger partial charge in [0, 0.05) is 5.02 Å². The monoisotopic (exact) mass is 352 g/mol. The lowest BCUT2D eigenvalue weighted by molar-refractivity contribution is 0.601. The van der Waals surface area contributed by atoms with Crippen LogP contribution in [0.25, 0.3) is 10.2 Å². The lowest BCUT2D eigenvalue weighted by Crippen LogP contribution is -2.12. The Balaban J connectivity index is 1.96. The van der Waals surface area contributed by atoms with Crippen molar-refractivity contribution in [2.75, 3.05) is 4.72 Å². The summed E-state index contributed by atoms with van der Waals surface area (Å²) in [6.07, 6.45) is 0. The van der Waals surface area contributed by atoms with Crippen molar-refractivity contribution in [3.05, 3.63) is 52.5 Å². The molecule has 1 heterocycles. The van der Waals surface area contributed by atoms with Crippen LogP contribution in [0.3, 0.4) is 0 Å². The van der Waals surface area contributed by atoms with Gasteiger partial charge in [0.05, 0.1) is 15.1 Å². The Bertz CT molecular complexity index is 965. The first-order valence-electron chi connectivity index (χ1n) is 6.51. The molecule has 1 N–H and O–H groups in total. The predicted molar refractivity (Wildman–Crippen MR) is 91.4 cm³/mol. The van der Waals surface area contributed by atoms with Gasteiger partial charge < -0.3 is 0 Å². The van der Waals surface area contributed by atoms with E-state index in [1.54, 1.807) is 19.1 Å². The van der Waals surface area contributed by atoms with Gasteiger partial charge in [-0.05, 0) is 55.3 Å². The molecule has 3 aromatic rings. The summed E-state index contributed by atoms with van der Waals surface area (Å²) < 4.78 is 28.3. The Labute approximate surface area is 137 Å². The van der Waals surface area contributed by atoms with E-state index in [2.05, 4.69) is 9.71 Å². The van der Waals surface area contributed by atoms with Crippen LogP contribution in [0, 0.1) is 13.8 Å². The van der Waals surface area contributed by atoms with E-state index >= 15 is 0 Å². The summed E-state index contributed by atoms with van der Waals surface area (Å²) in [7, 11) is -3.67. The van der Waals surface area contributed by atoms with Crippen molar-refractivity contribution in [1.29, 1.82) is 0 Å². The minimum absolute atomic E-state index is 0.171. The van der Waals surface area contributed by atoms with E-state index in [9.17, 15) is 8.42 Å². The quantitative estimate of drug-likeness (QED) is 0.761. The Hall–Kier alpha value is -1.63. The van der Waals surface area contributed by atoms with Crippen LogP contribution in [0.1, 0.15) is 11.1 Å². The average Bonchev–Trinajstić information content (AvgIpc) is 2.82. The maximum absolute atomic E-state index is 12.4. The summed E-state index contributed by atoms with van der Waals surface area (Å²) in [6, 6.07) is 10.4. The minimum Gasteiger partial charge on any atom is -0.255 e. The molecule has 3 rings (SSSR count). The van der Waals surface area contributed by atoms with Gasteiger partial charge in [0.2, 0.25) is 0 Å². The zero-order chi connectivity index (χ0) is 15.9. The number of anilines is 1. The van der Waals surface area contributed by atoms with E-state index in [1.807, 2.05) is 25.1 Å². The van der Waals surface area contributed by atoms with Crippen molar-refractivity contribution in [2.45, 2.75) is 18.7 Å². The number of fused-ring (bicyclic) bond motifs is 1. The molecule has 2 aromatic carbocycles. The van der Waals surface area contributed by atoms with E-state index in [1.165, 1.54) is 17.4 Å². The molecule has 0 saturated heterocycles. The molecule has 0 aliphatic rings. The van der Waals surface area contributed by atoms with Crippen LogP contribution in [0.5, 0.6) is 0 Å². The fourth-order valence-corrected chi connectivity index (χ4v) is 4.43. The van der Waals surface area contributed by atoms with Crippen LogP contribution in [0.4, 0.5) is 5.13 Å². The normalized spacial score (nSPS) is 11.8. The van der Waals surface area contributed by atoms with Gasteiger partial charge in [-0.25, -0.2) is 13.4 Å². The van der Waals surface area contributed by atoms with Crippen LogP contribution < -0.4 is 4.72 Å². The number of aryl methyl sites for hydroxylation is 2. The number of hydrogen-bond donors (Lipinski definition) is 1. The molecule has 0 atom stereocenters. The topological polar surface area (TPSA) is 59.1 Å². The summed E-state index contributed by atoms with van der Waals surface area (Å²) in [5.74, 6) is 0. The molecule has 4 nitrogen and oxygen atoms in total. The summed E-state index contributed by atoms with van der Waals surface area (Å²) in [5, 5.41) is 0.891. The fraction of sp³-hybridized carbons (Fsp3) is 0.133. The number of sulfonamides is 1. The predicted octanol–water partition coefficient (Wildman–Crippen LogP) is 4.37. The van der Waals surface area contributed by atoms with Crippen molar-refractivity contribution >= 4 is 48.3 Å². The zero-order valence-electron chi connectivity index (χ0n) is 11.9. The number of nitrogens with one attached hydrogen (secondary N) is 1. The standard InChI is InChI=1S/C15H13ClN2O2S2/c1-9-3-6-13-14(7-9)21-15(17-13)18-22(19,20)11-4-5-12(16)10(2)8-11/h3-8H,1-2H3,(H,17,18). The van der Waals surface area contributed by atoms with Crippen LogP contribution in [-0.2, 0) is 10.0 Å². The molecule has 0 radical (unpaired) electrons. The number of aromatic nitrogens is 1. The highest BCUT2D eigenvalue weighted by Crippen LogP contribution is 2.29. The number of rotatable bonds is 3.